The van der Waals surface area contributed by atoms with E-state index >= 15 is 0 Å². The third kappa shape index (κ3) is 4.89. The molecule has 7 heteroatoms. The maximum atomic E-state index is 13.2. The van der Waals surface area contributed by atoms with Crippen LogP contribution in [-0.4, -0.2) is 34.5 Å². The molecule has 4 rings (SSSR count). The van der Waals surface area contributed by atoms with Crippen LogP contribution in [0.15, 0.2) is 60.8 Å². The van der Waals surface area contributed by atoms with E-state index in [9.17, 15) is 9.59 Å². The number of fused-ring (bicyclic) bond motifs is 1. The highest BCUT2D eigenvalue weighted by atomic mass is 16.5. The molecule has 0 saturated heterocycles. The van der Waals surface area contributed by atoms with Crippen molar-refractivity contribution in [3.8, 4) is 0 Å². The van der Waals surface area contributed by atoms with E-state index in [2.05, 4.69) is 15.6 Å². The molecule has 7 nitrogen and oxygen atoms in total. The molecule has 0 bridgehead atoms. The first-order chi connectivity index (χ1) is 15.7. The summed E-state index contributed by atoms with van der Waals surface area (Å²) in [5.74, 6) is -0.388. The SMILES string of the molecule is CC[C@@H](NC(=O)c1cc(C(=O)NCCc2ccccn2)n2c1COCC2)c1ccccc1. The molecule has 1 atom stereocenters. The van der Waals surface area contributed by atoms with Gasteiger partial charge < -0.3 is 19.9 Å². The molecule has 1 aromatic carbocycles. The van der Waals surface area contributed by atoms with Gasteiger partial charge in [-0.05, 0) is 30.2 Å². The van der Waals surface area contributed by atoms with Gasteiger partial charge in [0.2, 0.25) is 0 Å². The Morgan fingerprint density at radius 3 is 2.69 bits per heavy atom. The van der Waals surface area contributed by atoms with E-state index in [0.29, 0.717) is 44.0 Å². The van der Waals surface area contributed by atoms with Crippen LogP contribution in [-0.2, 0) is 24.3 Å². The topological polar surface area (TPSA) is 85.3 Å². The fraction of sp³-hybridized carbons (Fsp3) is 0.320. The second-order valence-corrected chi connectivity index (χ2v) is 7.77. The number of hydrogen-bond donors (Lipinski definition) is 2. The number of aromatic nitrogens is 2. The standard InChI is InChI=1S/C25H28N4O3/c1-2-21(18-8-4-3-5-9-18)28-24(30)20-16-22(29-14-15-32-17-23(20)29)25(31)27-13-11-19-10-6-7-12-26-19/h3-10,12,16,21H,2,11,13-15,17H2,1H3,(H,27,31)(H,28,30)/t21-/m1/s1. The Hall–Kier alpha value is -3.45. The van der Waals surface area contributed by atoms with E-state index in [1.54, 1.807) is 12.3 Å². The first-order valence-electron chi connectivity index (χ1n) is 11.0. The minimum Gasteiger partial charge on any atom is -0.373 e. The Labute approximate surface area is 187 Å². The molecule has 166 valence electrons. The minimum absolute atomic E-state index is 0.0978. The summed E-state index contributed by atoms with van der Waals surface area (Å²) in [4.78, 5) is 30.4. The summed E-state index contributed by atoms with van der Waals surface area (Å²) in [5.41, 5.74) is 3.70. The van der Waals surface area contributed by atoms with Gasteiger partial charge in [-0.2, -0.15) is 0 Å². The zero-order valence-corrected chi connectivity index (χ0v) is 18.2. The highest BCUT2D eigenvalue weighted by molar-refractivity contribution is 6.00. The second kappa shape index (κ2) is 10.2. The van der Waals surface area contributed by atoms with Crippen LogP contribution >= 0.6 is 0 Å². The number of carbonyl (C=O) groups is 2. The van der Waals surface area contributed by atoms with Crippen LogP contribution in [0.2, 0.25) is 0 Å². The summed E-state index contributed by atoms with van der Waals surface area (Å²) in [6.07, 6.45) is 3.15. The van der Waals surface area contributed by atoms with Crippen LogP contribution < -0.4 is 10.6 Å². The van der Waals surface area contributed by atoms with Crippen LogP contribution in [0.25, 0.3) is 0 Å². The Morgan fingerprint density at radius 1 is 1.12 bits per heavy atom. The van der Waals surface area contributed by atoms with Crippen molar-refractivity contribution in [2.24, 2.45) is 0 Å². The van der Waals surface area contributed by atoms with Gasteiger partial charge in [-0.15, -0.1) is 0 Å². The monoisotopic (exact) mass is 432 g/mol. The maximum Gasteiger partial charge on any atom is 0.267 e. The highest BCUT2D eigenvalue weighted by Crippen LogP contribution is 2.23. The summed E-state index contributed by atoms with van der Waals surface area (Å²) in [6, 6.07) is 17.2. The van der Waals surface area contributed by atoms with Gasteiger partial charge in [0, 0.05) is 31.4 Å². The van der Waals surface area contributed by atoms with Crippen molar-refractivity contribution in [3.05, 3.63) is 89.0 Å². The van der Waals surface area contributed by atoms with Crippen molar-refractivity contribution in [2.45, 2.75) is 39.0 Å². The average molecular weight is 433 g/mol. The zero-order chi connectivity index (χ0) is 22.3. The number of nitrogens with one attached hydrogen (secondary N) is 2. The molecule has 32 heavy (non-hydrogen) atoms. The molecule has 3 heterocycles. The van der Waals surface area contributed by atoms with E-state index < -0.39 is 0 Å². The van der Waals surface area contributed by atoms with Crippen LogP contribution in [0.5, 0.6) is 0 Å². The first-order valence-corrected chi connectivity index (χ1v) is 11.0. The van der Waals surface area contributed by atoms with E-state index in [1.165, 1.54) is 0 Å². The molecule has 0 aliphatic carbocycles. The van der Waals surface area contributed by atoms with Crippen molar-refractivity contribution in [2.75, 3.05) is 13.2 Å². The Morgan fingerprint density at radius 2 is 1.94 bits per heavy atom. The number of benzene rings is 1. The van der Waals surface area contributed by atoms with E-state index in [0.717, 1.165) is 23.4 Å². The van der Waals surface area contributed by atoms with Gasteiger partial charge in [-0.25, -0.2) is 0 Å². The predicted octanol–water partition coefficient (Wildman–Crippen LogP) is 3.27. The number of hydrogen-bond acceptors (Lipinski definition) is 4. The van der Waals surface area contributed by atoms with Crippen molar-refractivity contribution < 1.29 is 14.3 Å². The number of ether oxygens (including phenoxy) is 1. The van der Waals surface area contributed by atoms with Gasteiger partial charge in [-0.3, -0.25) is 14.6 Å². The lowest BCUT2D eigenvalue weighted by Crippen LogP contribution is -2.30. The van der Waals surface area contributed by atoms with Crippen molar-refractivity contribution in [1.82, 2.24) is 20.2 Å². The Kier molecular flexibility index (Phi) is 6.97. The average Bonchev–Trinajstić information content (AvgIpc) is 3.23. The molecule has 2 aromatic heterocycles. The van der Waals surface area contributed by atoms with Gasteiger partial charge in [0.15, 0.2) is 0 Å². The minimum atomic E-state index is -0.196. The van der Waals surface area contributed by atoms with Gasteiger partial charge in [0.25, 0.3) is 11.8 Å². The third-order valence-corrected chi connectivity index (χ3v) is 5.69. The summed E-state index contributed by atoms with van der Waals surface area (Å²) >= 11 is 0. The van der Waals surface area contributed by atoms with Crippen LogP contribution in [0.4, 0.5) is 0 Å². The molecule has 0 radical (unpaired) electrons. The molecule has 0 fully saturated rings. The number of carbonyl (C=O) groups excluding carboxylic acids is 2. The normalized spacial score (nSPS) is 13.8. The van der Waals surface area contributed by atoms with Crippen LogP contribution in [0, 0.1) is 0 Å². The zero-order valence-electron chi connectivity index (χ0n) is 18.2. The van der Waals surface area contributed by atoms with E-state index in [-0.39, 0.29) is 17.9 Å². The lowest BCUT2D eigenvalue weighted by molar-refractivity contribution is 0.0777. The van der Waals surface area contributed by atoms with Crippen LogP contribution in [0.3, 0.4) is 0 Å². The van der Waals surface area contributed by atoms with Gasteiger partial charge in [0.1, 0.15) is 5.69 Å². The number of nitrogens with zero attached hydrogens (tertiary/aromatic N) is 2. The first kappa shape index (κ1) is 21.8. The van der Waals surface area contributed by atoms with Gasteiger partial charge >= 0.3 is 0 Å². The quantitative estimate of drug-likeness (QED) is 0.572. The molecule has 3 aromatic rings. The van der Waals surface area contributed by atoms with Gasteiger partial charge in [0.05, 0.1) is 30.5 Å². The molecule has 2 amide bonds. The van der Waals surface area contributed by atoms with E-state index in [4.69, 9.17) is 4.74 Å². The molecule has 1 aliphatic rings. The molecule has 2 N–H and O–H groups in total. The smallest absolute Gasteiger partial charge is 0.267 e. The number of pyridine rings is 1. The van der Waals surface area contributed by atoms with E-state index in [1.807, 2.05) is 60.0 Å². The van der Waals surface area contributed by atoms with Gasteiger partial charge in [-0.1, -0.05) is 43.3 Å². The second-order valence-electron chi connectivity index (χ2n) is 7.77. The molecule has 1 aliphatic heterocycles. The highest BCUT2D eigenvalue weighted by Gasteiger charge is 2.27. The molecule has 0 spiro atoms. The fourth-order valence-electron chi connectivity index (χ4n) is 3.99. The number of amides is 2. The summed E-state index contributed by atoms with van der Waals surface area (Å²) < 4.78 is 7.49. The maximum absolute atomic E-state index is 13.2. The van der Waals surface area contributed by atoms with Crippen molar-refractivity contribution in [1.29, 1.82) is 0 Å². The number of rotatable bonds is 8. The van der Waals surface area contributed by atoms with Crippen molar-refractivity contribution in [3.63, 3.8) is 0 Å². The lowest BCUT2D eigenvalue weighted by atomic mass is 10.0. The molecular formula is C25H28N4O3. The third-order valence-electron chi connectivity index (χ3n) is 5.69. The lowest BCUT2D eigenvalue weighted by Gasteiger charge is -2.20. The summed E-state index contributed by atoms with van der Waals surface area (Å²) in [6.45, 7) is 3.88. The Balaban J connectivity index is 1.49. The van der Waals surface area contributed by atoms with Crippen molar-refractivity contribution >= 4 is 11.8 Å². The fourth-order valence-corrected chi connectivity index (χ4v) is 3.99. The largest absolute Gasteiger partial charge is 0.373 e. The molecular weight excluding hydrogens is 404 g/mol. The predicted molar refractivity (Wildman–Crippen MR) is 121 cm³/mol. The summed E-state index contributed by atoms with van der Waals surface area (Å²) in [7, 11) is 0. The molecule has 0 unspecified atom stereocenters. The summed E-state index contributed by atoms with van der Waals surface area (Å²) in [5, 5.41) is 6.07. The van der Waals surface area contributed by atoms with Crippen LogP contribution in [0.1, 0.15) is 57.2 Å². The Bertz CT molecular complexity index is 1060. The molecule has 0 saturated carbocycles.